The zero-order valence-electron chi connectivity index (χ0n) is 7.90. The highest BCUT2D eigenvalue weighted by Crippen LogP contribution is 2.23. The summed E-state index contributed by atoms with van der Waals surface area (Å²) < 4.78 is 0. The van der Waals surface area contributed by atoms with Gasteiger partial charge in [-0.05, 0) is 11.5 Å². The first-order chi connectivity index (χ1) is 6.29. The van der Waals surface area contributed by atoms with Gasteiger partial charge in [0.15, 0.2) is 0 Å². The van der Waals surface area contributed by atoms with Gasteiger partial charge in [0.2, 0.25) is 0 Å². The normalized spacial score (nSPS) is 14.2. The van der Waals surface area contributed by atoms with Gasteiger partial charge in [0.25, 0.3) is 0 Å². The standard InChI is InChI=1S/C13H14/c1-4-11(3)13(5-2)12-9-7-6-8-10-12/h2,4,6-11,13H,1H2,3H3/t11-,13-/m1/s1. The van der Waals surface area contributed by atoms with Crippen LogP contribution >= 0.6 is 0 Å². The Morgan fingerprint density at radius 3 is 2.46 bits per heavy atom. The highest BCUT2D eigenvalue weighted by Gasteiger charge is 2.12. The molecule has 0 heteroatoms. The molecule has 0 saturated carbocycles. The molecule has 0 aromatic heterocycles. The molecule has 0 amide bonds. The van der Waals surface area contributed by atoms with Crippen LogP contribution in [0.25, 0.3) is 0 Å². The molecule has 0 radical (unpaired) electrons. The predicted octanol–water partition coefficient (Wildman–Crippen LogP) is 3.23. The molecular formula is C13H14. The number of hydrogen-bond acceptors (Lipinski definition) is 0. The topological polar surface area (TPSA) is 0 Å². The van der Waals surface area contributed by atoms with Gasteiger partial charge in [-0.1, -0.05) is 49.3 Å². The maximum Gasteiger partial charge on any atom is 0.0509 e. The average molecular weight is 170 g/mol. The third-order valence-corrected chi connectivity index (χ3v) is 2.24. The van der Waals surface area contributed by atoms with Crippen molar-refractivity contribution in [2.75, 3.05) is 0 Å². The van der Waals surface area contributed by atoms with Crippen molar-refractivity contribution in [3.8, 4) is 12.3 Å². The Morgan fingerprint density at radius 2 is 2.00 bits per heavy atom. The fraction of sp³-hybridized carbons (Fsp3) is 0.231. The number of terminal acetylenes is 1. The van der Waals surface area contributed by atoms with Crippen molar-refractivity contribution < 1.29 is 0 Å². The molecule has 0 heterocycles. The molecule has 0 N–H and O–H groups in total. The zero-order valence-corrected chi connectivity index (χ0v) is 7.90. The minimum Gasteiger partial charge on any atom is -0.119 e. The van der Waals surface area contributed by atoms with Crippen LogP contribution in [0.1, 0.15) is 18.4 Å². The smallest absolute Gasteiger partial charge is 0.0509 e. The fourth-order valence-electron chi connectivity index (χ4n) is 1.35. The van der Waals surface area contributed by atoms with E-state index in [1.807, 2.05) is 24.3 Å². The second-order valence-corrected chi connectivity index (χ2v) is 3.15. The number of hydrogen-bond donors (Lipinski definition) is 0. The van der Waals surface area contributed by atoms with Gasteiger partial charge in [-0.3, -0.25) is 0 Å². The number of allylic oxidation sites excluding steroid dienone is 1. The van der Waals surface area contributed by atoms with E-state index in [-0.39, 0.29) is 5.92 Å². The second-order valence-electron chi connectivity index (χ2n) is 3.15. The first-order valence-corrected chi connectivity index (χ1v) is 4.43. The summed E-state index contributed by atoms with van der Waals surface area (Å²) in [5.74, 6) is 3.28. The minimum atomic E-state index is 0.152. The Morgan fingerprint density at radius 1 is 1.38 bits per heavy atom. The second kappa shape index (κ2) is 4.52. The molecule has 0 unspecified atom stereocenters. The van der Waals surface area contributed by atoms with Crippen molar-refractivity contribution in [1.29, 1.82) is 0 Å². The molecule has 0 aliphatic rings. The van der Waals surface area contributed by atoms with Crippen LogP contribution in [0, 0.1) is 18.3 Å². The predicted molar refractivity (Wildman–Crippen MR) is 57.4 cm³/mol. The van der Waals surface area contributed by atoms with Gasteiger partial charge < -0.3 is 0 Å². The summed E-state index contributed by atoms with van der Waals surface area (Å²) in [5.41, 5.74) is 1.19. The highest BCUT2D eigenvalue weighted by atomic mass is 14.1. The molecule has 1 aromatic carbocycles. The van der Waals surface area contributed by atoms with Gasteiger partial charge in [0.05, 0.1) is 5.92 Å². The van der Waals surface area contributed by atoms with Gasteiger partial charge in [-0.2, -0.15) is 0 Å². The zero-order chi connectivity index (χ0) is 9.68. The largest absolute Gasteiger partial charge is 0.119 e. The number of benzene rings is 1. The summed E-state index contributed by atoms with van der Waals surface area (Å²) in [6.07, 6.45) is 7.38. The maximum atomic E-state index is 5.48. The van der Waals surface area contributed by atoms with E-state index in [4.69, 9.17) is 6.42 Å². The maximum absolute atomic E-state index is 5.48. The monoisotopic (exact) mass is 170 g/mol. The van der Waals surface area contributed by atoms with Crippen molar-refractivity contribution in [3.05, 3.63) is 48.6 Å². The van der Waals surface area contributed by atoms with E-state index in [2.05, 4.69) is 31.6 Å². The minimum absolute atomic E-state index is 0.152. The first-order valence-electron chi connectivity index (χ1n) is 4.43. The molecule has 0 bridgehead atoms. The molecule has 0 aliphatic carbocycles. The van der Waals surface area contributed by atoms with E-state index in [0.717, 1.165) is 0 Å². The van der Waals surface area contributed by atoms with E-state index in [0.29, 0.717) is 5.92 Å². The lowest BCUT2D eigenvalue weighted by Crippen LogP contribution is -2.04. The van der Waals surface area contributed by atoms with Gasteiger partial charge in [0.1, 0.15) is 0 Å². The lowest BCUT2D eigenvalue weighted by atomic mass is 9.88. The molecular weight excluding hydrogens is 156 g/mol. The molecule has 0 saturated heterocycles. The van der Waals surface area contributed by atoms with Crippen molar-refractivity contribution in [1.82, 2.24) is 0 Å². The van der Waals surface area contributed by atoms with E-state index in [1.54, 1.807) is 0 Å². The summed E-state index contributed by atoms with van der Waals surface area (Å²) in [6, 6.07) is 10.1. The molecule has 2 atom stereocenters. The third-order valence-electron chi connectivity index (χ3n) is 2.24. The van der Waals surface area contributed by atoms with Crippen LogP contribution in [-0.4, -0.2) is 0 Å². The molecule has 66 valence electrons. The molecule has 0 spiro atoms. The van der Waals surface area contributed by atoms with Crippen LogP contribution in [0.3, 0.4) is 0 Å². The van der Waals surface area contributed by atoms with E-state index >= 15 is 0 Å². The van der Waals surface area contributed by atoms with Gasteiger partial charge in [-0.25, -0.2) is 0 Å². The molecule has 0 aliphatic heterocycles. The van der Waals surface area contributed by atoms with Gasteiger partial charge in [0, 0.05) is 0 Å². The van der Waals surface area contributed by atoms with Gasteiger partial charge in [-0.15, -0.1) is 13.0 Å². The van der Waals surface area contributed by atoms with Crippen molar-refractivity contribution >= 4 is 0 Å². The van der Waals surface area contributed by atoms with Crippen LogP contribution in [0.15, 0.2) is 43.0 Å². The van der Waals surface area contributed by atoms with Crippen LogP contribution < -0.4 is 0 Å². The lowest BCUT2D eigenvalue weighted by molar-refractivity contribution is 0.661. The van der Waals surface area contributed by atoms with E-state index in [1.165, 1.54) is 5.56 Å². The van der Waals surface area contributed by atoms with Gasteiger partial charge >= 0.3 is 0 Å². The molecule has 1 aromatic rings. The van der Waals surface area contributed by atoms with Crippen LogP contribution in [-0.2, 0) is 0 Å². The summed E-state index contributed by atoms with van der Waals surface area (Å²) in [4.78, 5) is 0. The highest BCUT2D eigenvalue weighted by molar-refractivity contribution is 5.28. The average Bonchev–Trinajstić information content (AvgIpc) is 2.20. The van der Waals surface area contributed by atoms with Crippen LogP contribution in [0.4, 0.5) is 0 Å². The quantitative estimate of drug-likeness (QED) is 0.482. The Hall–Kier alpha value is -1.48. The lowest BCUT2D eigenvalue weighted by Gasteiger charge is -2.15. The Balaban J connectivity index is 2.93. The van der Waals surface area contributed by atoms with Crippen LogP contribution in [0.5, 0.6) is 0 Å². The Labute approximate surface area is 80.3 Å². The van der Waals surface area contributed by atoms with Crippen molar-refractivity contribution in [2.24, 2.45) is 5.92 Å². The summed E-state index contributed by atoms with van der Waals surface area (Å²) in [6.45, 7) is 5.85. The third kappa shape index (κ3) is 2.23. The SMILES string of the molecule is C#C[C@@H](c1ccccc1)[C@H](C)C=C. The van der Waals surface area contributed by atoms with Crippen molar-refractivity contribution in [2.45, 2.75) is 12.8 Å². The fourth-order valence-corrected chi connectivity index (χ4v) is 1.35. The van der Waals surface area contributed by atoms with Crippen molar-refractivity contribution in [3.63, 3.8) is 0 Å². The summed E-state index contributed by atoms with van der Waals surface area (Å²) in [5, 5.41) is 0. The first kappa shape index (κ1) is 9.61. The van der Waals surface area contributed by atoms with E-state index in [9.17, 15) is 0 Å². The summed E-state index contributed by atoms with van der Waals surface area (Å²) >= 11 is 0. The van der Waals surface area contributed by atoms with E-state index < -0.39 is 0 Å². The molecule has 13 heavy (non-hydrogen) atoms. The molecule has 0 nitrogen and oxygen atoms in total. The number of rotatable bonds is 3. The van der Waals surface area contributed by atoms with Crippen LogP contribution in [0.2, 0.25) is 0 Å². The molecule has 1 rings (SSSR count). The molecule has 0 fully saturated rings. The Kier molecular flexibility index (Phi) is 3.34. The Bertz CT molecular complexity index is 303. The summed E-state index contributed by atoms with van der Waals surface area (Å²) in [7, 11) is 0.